The number of ketones is 1. The van der Waals surface area contributed by atoms with Crippen LogP contribution in [0.1, 0.15) is 27.0 Å². The second-order valence-electron chi connectivity index (χ2n) is 7.56. The van der Waals surface area contributed by atoms with Crippen molar-refractivity contribution >= 4 is 29.1 Å². The van der Waals surface area contributed by atoms with Gasteiger partial charge in [-0.2, -0.15) is 0 Å². The number of carbonyl (C=O) groups excluding carboxylic acids is 1. The number of nitro groups is 1. The van der Waals surface area contributed by atoms with Crippen LogP contribution in [-0.4, -0.2) is 22.3 Å². The van der Waals surface area contributed by atoms with Gasteiger partial charge < -0.3 is 9.47 Å². The highest BCUT2D eigenvalue weighted by atomic mass is 35.5. The summed E-state index contributed by atoms with van der Waals surface area (Å²) < 4.78 is 11.9. The van der Waals surface area contributed by atoms with E-state index in [1.807, 2.05) is 24.3 Å². The molecule has 0 spiro atoms. The number of rotatable bonds is 4. The number of benzene rings is 3. The average molecular weight is 449 g/mol. The van der Waals surface area contributed by atoms with Gasteiger partial charge in [-0.15, -0.1) is 0 Å². The van der Waals surface area contributed by atoms with E-state index in [1.165, 1.54) is 12.1 Å². The summed E-state index contributed by atoms with van der Waals surface area (Å²) in [5.74, 6) is 1.11. The first-order valence-electron chi connectivity index (χ1n) is 9.93. The van der Waals surface area contributed by atoms with Gasteiger partial charge in [-0.25, -0.2) is 0 Å². The van der Waals surface area contributed by atoms with E-state index in [0.29, 0.717) is 47.5 Å². The molecule has 0 unspecified atom stereocenters. The first-order valence-corrected chi connectivity index (χ1v) is 10.3. The van der Waals surface area contributed by atoms with Crippen molar-refractivity contribution in [1.29, 1.82) is 0 Å². The summed E-state index contributed by atoms with van der Waals surface area (Å²) in [6.45, 7) is 1.54. The summed E-state index contributed by atoms with van der Waals surface area (Å²) >= 11 is 6.30. The lowest BCUT2D eigenvalue weighted by Gasteiger charge is -2.30. The number of nitrogens with zero attached hydrogens (tertiary/aromatic N) is 2. The predicted molar refractivity (Wildman–Crippen MR) is 119 cm³/mol. The molecule has 8 heteroatoms. The molecule has 3 aromatic rings. The van der Waals surface area contributed by atoms with Gasteiger partial charge in [0.1, 0.15) is 18.2 Å². The molecule has 2 aliphatic rings. The fraction of sp³-hybridized carbons (Fsp3) is 0.125. The molecule has 0 aliphatic carbocycles. The number of fused-ring (bicyclic) bond motifs is 3. The highest BCUT2D eigenvalue weighted by Gasteiger charge is 2.33. The number of carbonyl (C=O) groups is 1. The molecule has 3 aromatic carbocycles. The molecule has 0 atom stereocenters. The summed E-state index contributed by atoms with van der Waals surface area (Å²) in [7, 11) is 0. The molecule has 0 fully saturated rings. The maximum atomic E-state index is 12.9. The SMILES string of the molecule is O=C1/C(=C/c2ccc([N+](=O)[O-])cc2)Oc2c1ccc1c2CN(Cc2ccccc2Cl)CO1. The van der Waals surface area contributed by atoms with Gasteiger partial charge in [0, 0.05) is 30.2 Å². The second-order valence-corrected chi connectivity index (χ2v) is 7.97. The van der Waals surface area contributed by atoms with Gasteiger partial charge in [-0.1, -0.05) is 29.8 Å². The van der Waals surface area contributed by atoms with E-state index in [9.17, 15) is 14.9 Å². The van der Waals surface area contributed by atoms with Crippen LogP contribution in [0.2, 0.25) is 5.02 Å². The smallest absolute Gasteiger partial charge is 0.269 e. The van der Waals surface area contributed by atoms with Crippen LogP contribution in [0.4, 0.5) is 5.69 Å². The Morgan fingerprint density at radius 1 is 1.09 bits per heavy atom. The molecule has 2 heterocycles. The number of ether oxygens (including phenoxy) is 2. The standard InChI is InChI=1S/C24H17ClN2O5/c25-20-4-2-1-3-16(20)12-26-13-19-21(31-14-26)10-9-18-23(28)22(32-24(18)19)11-15-5-7-17(8-6-15)27(29)30/h1-11H,12-14H2/b22-11-. The molecule has 0 amide bonds. The van der Waals surface area contributed by atoms with E-state index in [0.717, 1.165) is 11.1 Å². The number of non-ortho nitro benzene ring substituents is 1. The average Bonchev–Trinajstić information content (AvgIpc) is 3.11. The zero-order chi connectivity index (χ0) is 22.2. The molecule has 0 aromatic heterocycles. The van der Waals surface area contributed by atoms with Crippen molar-refractivity contribution < 1.29 is 19.2 Å². The maximum absolute atomic E-state index is 12.9. The van der Waals surface area contributed by atoms with Gasteiger partial charge in [0.15, 0.2) is 5.76 Å². The Hall–Kier alpha value is -3.68. The molecule has 5 rings (SSSR count). The van der Waals surface area contributed by atoms with Crippen molar-refractivity contribution in [2.45, 2.75) is 13.1 Å². The highest BCUT2D eigenvalue weighted by Crippen LogP contribution is 2.42. The van der Waals surface area contributed by atoms with Gasteiger partial charge in [-0.3, -0.25) is 19.8 Å². The normalized spacial score (nSPS) is 16.3. The Kier molecular flexibility index (Phi) is 5.13. The maximum Gasteiger partial charge on any atom is 0.269 e. The van der Waals surface area contributed by atoms with Crippen molar-refractivity contribution in [2.24, 2.45) is 0 Å². The number of halogens is 1. The molecule has 0 N–H and O–H groups in total. The molecule has 160 valence electrons. The van der Waals surface area contributed by atoms with Gasteiger partial charge in [0.05, 0.1) is 16.1 Å². The highest BCUT2D eigenvalue weighted by molar-refractivity contribution is 6.31. The fourth-order valence-electron chi connectivity index (χ4n) is 3.82. The number of Topliss-reactive ketones (excluding diaryl/α,β-unsaturated/α-hetero) is 1. The number of allylic oxidation sites excluding steroid dienone is 1. The Labute approximate surface area is 188 Å². The van der Waals surface area contributed by atoms with Crippen molar-refractivity contribution in [3.8, 4) is 11.5 Å². The quantitative estimate of drug-likeness (QED) is 0.309. The van der Waals surface area contributed by atoms with Crippen LogP contribution in [0.15, 0.2) is 66.4 Å². The van der Waals surface area contributed by atoms with E-state index >= 15 is 0 Å². The zero-order valence-corrected chi connectivity index (χ0v) is 17.5. The van der Waals surface area contributed by atoms with Crippen LogP contribution in [-0.2, 0) is 13.1 Å². The van der Waals surface area contributed by atoms with E-state index < -0.39 is 4.92 Å². The largest absolute Gasteiger partial charge is 0.478 e. The second kappa shape index (κ2) is 8.11. The molecule has 0 saturated heterocycles. The minimum Gasteiger partial charge on any atom is -0.478 e. The van der Waals surface area contributed by atoms with Gasteiger partial charge in [0.2, 0.25) is 5.78 Å². The predicted octanol–water partition coefficient (Wildman–Crippen LogP) is 5.22. The minimum absolute atomic E-state index is 0.0149. The Balaban J connectivity index is 1.41. The minimum atomic E-state index is -0.468. The lowest BCUT2D eigenvalue weighted by Crippen LogP contribution is -2.31. The van der Waals surface area contributed by atoms with Crippen LogP contribution >= 0.6 is 11.6 Å². The van der Waals surface area contributed by atoms with Gasteiger partial charge in [0.25, 0.3) is 5.69 Å². The van der Waals surface area contributed by atoms with Crippen LogP contribution < -0.4 is 9.47 Å². The van der Waals surface area contributed by atoms with Crippen molar-refractivity contribution in [1.82, 2.24) is 4.90 Å². The molecule has 7 nitrogen and oxygen atoms in total. The third-order valence-electron chi connectivity index (χ3n) is 5.44. The number of hydrogen-bond donors (Lipinski definition) is 0. The molecule has 2 aliphatic heterocycles. The fourth-order valence-corrected chi connectivity index (χ4v) is 4.01. The summed E-state index contributed by atoms with van der Waals surface area (Å²) in [5.41, 5.74) is 2.89. The summed E-state index contributed by atoms with van der Waals surface area (Å²) in [4.78, 5) is 25.4. The van der Waals surface area contributed by atoms with Crippen molar-refractivity contribution in [2.75, 3.05) is 6.73 Å². The zero-order valence-electron chi connectivity index (χ0n) is 16.8. The first kappa shape index (κ1) is 20.2. The van der Waals surface area contributed by atoms with E-state index in [-0.39, 0.29) is 17.2 Å². The molecule has 0 bridgehead atoms. The third-order valence-corrected chi connectivity index (χ3v) is 5.80. The van der Waals surface area contributed by atoms with Crippen molar-refractivity contribution in [3.05, 3.63) is 104 Å². The van der Waals surface area contributed by atoms with Crippen molar-refractivity contribution in [3.63, 3.8) is 0 Å². The summed E-state index contributed by atoms with van der Waals surface area (Å²) in [6.07, 6.45) is 1.59. The Morgan fingerprint density at radius 2 is 1.88 bits per heavy atom. The number of hydrogen-bond acceptors (Lipinski definition) is 6. The number of nitro benzene ring substituents is 1. The van der Waals surface area contributed by atoms with E-state index in [4.69, 9.17) is 21.1 Å². The molecular weight excluding hydrogens is 432 g/mol. The van der Waals surface area contributed by atoms with E-state index in [1.54, 1.807) is 30.3 Å². The monoisotopic (exact) mass is 448 g/mol. The molecular formula is C24H17ClN2O5. The van der Waals surface area contributed by atoms with E-state index in [2.05, 4.69) is 4.90 Å². The van der Waals surface area contributed by atoms with Crippen LogP contribution in [0.3, 0.4) is 0 Å². The van der Waals surface area contributed by atoms with Crippen LogP contribution in [0.5, 0.6) is 11.5 Å². The van der Waals surface area contributed by atoms with Gasteiger partial charge >= 0.3 is 0 Å². The summed E-state index contributed by atoms with van der Waals surface area (Å²) in [6, 6.07) is 17.1. The lowest BCUT2D eigenvalue weighted by molar-refractivity contribution is -0.384. The lowest BCUT2D eigenvalue weighted by atomic mass is 10.0. The Morgan fingerprint density at radius 3 is 2.62 bits per heavy atom. The van der Waals surface area contributed by atoms with Crippen LogP contribution in [0.25, 0.3) is 6.08 Å². The first-order chi connectivity index (χ1) is 15.5. The Bertz CT molecular complexity index is 1270. The topological polar surface area (TPSA) is 81.9 Å². The molecule has 0 radical (unpaired) electrons. The molecule has 32 heavy (non-hydrogen) atoms. The third kappa shape index (κ3) is 3.72. The van der Waals surface area contributed by atoms with Crippen LogP contribution in [0, 0.1) is 10.1 Å². The summed E-state index contributed by atoms with van der Waals surface area (Å²) in [5, 5.41) is 11.5. The van der Waals surface area contributed by atoms with Gasteiger partial charge in [-0.05, 0) is 47.5 Å². The molecule has 0 saturated carbocycles.